The first-order chi connectivity index (χ1) is 8.16. The van der Waals surface area contributed by atoms with Gasteiger partial charge in [0.05, 0.1) is 6.61 Å². The molecule has 0 fully saturated rings. The number of hydrogen-bond donors (Lipinski definition) is 0. The Morgan fingerprint density at radius 3 is 2.41 bits per heavy atom. The number of ether oxygens (including phenoxy) is 1. The highest BCUT2D eigenvalue weighted by molar-refractivity contribution is 5.81. The van der Waals surface area contributed by atoms with Gasteiger partial charge in [-0.15, -0.1) is 0 Å². The van der Waals surface area contributed by atoms with Crippen molar-refractivity contribution in [2.24, 2.45) is 5.92 Å². The van der Waals surface area contributed by atoms with Crippen molar-refractivity contribution in [1.82, 2.24) is 0 Å². The van der Waals surface area contributed by atoms with Gasteiger partial charge < -0.3 is 4.74 Å². The second kappa shape index (κ2) is 11.7. The number of hydrogen-bond acceptors (Lipinski definition) is 2. The van der Waals surface area contributed by atoms with Gasteiger partial charge in [-0.05, 0) is 25.7 Å². The van der Waals surface area contributed by atoms with Crippen LogP contribution in [0.15, 0.2) is 12.2 Å². The molecule has 0 aliphatic carbocycles. The number of carbonyl (C=O) groups excluding carboxylic acids is 1. The zero-order valence-corrected chi connectivity index (χ0v) is 11.7. The van der Waals surface area contributed by atoms with Gasteiger partial charge in [-0.25, -0.2) is 4.79 Å². The fourth-order valence-electron chi connectivity index (χ4n) is 1.72. The van der Waals surface area contributed by atoms with Crippen molar-refractivity contribution in [2.75, 3.05) is 6.61 Å². The molecule has 0 atom stereocenters. The molecule has 100 valence electrons. The molecule has 0 unspecified atom stereocenters. The maximum absolute atomic E-state index is 11.0. The zero-order chi connectivity index (χ0) is 12.9. The molecule has 0 radical (unpaired) electrons. The number of rotatable bonds is 10. The van der Waals surface area contributed by atoms with Crippen molar-refractivity contribution < 1.29 is 9.53 Å². The Bertz CT molecular complexity index is 207. The van der Waals surface area contributed by atoms with E-state index in [1.54, 1.807) is 6.08 Å². The van der Waals surface area contributed by atoms with Crippen LogP contribution < -0.4 is 0 Å². The van der Waals surface area contributed by atoms with E-state index in [4.69, 9.17) is 4.74 Å². The highest BCUT2D eigenvalue weighted by atomic mass is 16.5. The Morgan fingerprint density at radius 2 is 1.76 bits per heavy atom. The Labute approximate surface area is 106 Å². The lowest BCUT2D eigenvalue weighted by Crippen LogP contribution is -1.98. The predicted octanol–water partition coefficient (Wildman–Crippen LogP) is 4.49. The summed E-state index contributed by atoms with van der Waals surface area (Å²) >= 11 is 0. The Hall–Kier alpha value is -0.790. The number of allylic oxidation sites excluding steroid dienone is 1. The molecule has 17 heavy (non-hydrogen) atoms. The minimum atomic E-state index is -0.218. The molecule has 0 heterocycles. The Kier molecular flexibility index (Phi) is 11.1. The molecule has 0 rings (SSSR count). The monoisotopic (exact) mass is 240 g/mol. The fourth-order valence-corrected chi connectivity index (χ4v) is 1.72. The second-order valence-electron chi connectivity index (χ2n) is 4.89. The normalized spacial score (nSPS) is 11.3. The molecule has 0 spiro atoms. The molecule has 0 N–H and O–H groups in total. The summed E-state index contributed by atoms with van der Waals surface area (Å²) in [5.74, 6) is 0.618. The van der Waals surface area contributed by atoms with Gasteiger partial charge in [-0.2, -0.15) is 0 Å². The lowest BCUT2D eigenvalue weighted by molar-refractivity contribution is -0.137. The molecule has 0 aliphatic heterocycles. The van der Waals surface area contributed by atoms with Crippen molar-refractivity contribution in [3.63, 3.8) is 0 Å². The summed E-state index contributed by atoms with van der Waals surface area (Å²) in [6, 6.07) is 0. The van der Waals surface area contributed by atoms with E-state index in [0.717, 1.165) is 12.3 Å². The van der Waals surface area contributed by atoms with Crippen molar-refractivity contribution >= 4 is 5.97 Å². The van der Waals surface area contributed by atoms with Crippen LogP contribution in [-0.4, -0.2) is 12.6 Å². The van der Waals surface area contributed by atoms with E-state index in [0.29, 0.717) is 6.61 Å². The fraction of sp³-hybridized carbons (Fsp3) is 0.800. The van der Waals surface area contributed by atoms with E-state index in [1.807, 2.05) is 13.0 Å². The third-order valence-electron chi connectivity index (χ3n) is 2.69. The van der Waals surface area contributed by atoms with Crippen molar-refractivity contribution in [3.05, 3.63) is 12.2 Å². The third kappa shape index (κ3) is 13.1. The molecule has 0 aliphatic rings. The van der Waals surface area contributed by atoms with E-state index in [-0.39, 0.29) is 5.97 Å². The van der Waals surface area contributed by atoms with Gasteiger partial charge in [0.1, 0.15) is 0 Å². The second-order valence-corrected chi connectivity index (χ2v) is 4.89. The summed E-state index contributed by atoms with van der Waals surface area (Å²) in [5, 5.41) is 0. The molecule has 0 aromatic heterocycles. The summed E-state index contributed by atoms with van der Waals surface area (Å²) in [6.07, 6.45) is 12.3. The lowest BCUT2D eigenvalue weighted by Gasteiger charge is -2.03. The Morgan fingerprint density at radius 1 is 1.12 bits per heavy atom. The van der Waals surface area contributed by atoms with Crippen LogP contribution in [0.3, 0.4) is 0 Å². The third-order valence-corrected chi connectivity index (χ3v) is 2.69. The molecule has 0 saturated carbocycles. The van der Waals surface area contributed by atoms with E-state index >= 15 is 0 Å². The van der Waals surface area contributed by atoms with Crippen molar-refractivity contribution in [1.29, 1.82) is 0 Å². The van der Waals surface area contributed by atoms with Gasteiger partial charge in [-0.3, -0.25) is 0 Å². The van der Waals surface area contributed by atoms with Crippen LogP contribution in [0, 0.1) is 5.92 Å². The smallest absolute Gasteiger partial charge is 0.330 e. The summed E-state index contributed by atoms with van der Waals surface area (Å²) < 4.78 is 4.80. The van der Waals surface area contributed by atoms with Gasteiger partial charge in [0, 0.05) is 6.08 Å². The molecule has 0 saturated heterocycles. The van der Waals surface area contributed by atoms with Crippen LogP contribution in [0.1, 0.15) is 65.7 Å². The first-order valence-electron chi connectivity index (χ1n) is 7.00. The predicted molar refractivity (Wildman–Crippen MR) is 72.9 cm³/mol. The summed E-state index contributed by atoms with van der Waals surface area (Å²) in [5.41, 5.74) is 0. The number of unbranched alkanes of at least 4 members (excludes halogenated alkanes) is 5. The lowest BCUT2D eigenvalue weighted by atomic mass is 10.0. The first kappa shape index (κ1) is 16.2. The number of esters is 1. The van der Waals surface area contributed by atoms with Crippen LogP contribution in [0.25, 0.3) is 0 Å². The summed E-state index contributed by atoms with van der Waals surface area (Å²) in [6.45, 7) is 6.84. The highest BCUT2D eigenvalue weighted by Crippen LogP contribution is 2.11. The largest absolute Gasteiger partial charge is 0.463 e. The molecular formula is C15H28O2. The maximum Gasteiger partial charge on any atom is 0.330 e. The van der Waals surface area contributed by atoms with Crippen molar-refractivity contribution in [3.8, 4) is 0 Å². The van der Waals surface area contributed by atoms with Gasteiger partial charge in [0.15, 0.2) is 0 Å². The number of carbonyl (C=O) groups is 1. The van der Waals surface area contributed by atoms with Gasteiger partial charge in [0.25, 0.3) is 0 Å². The zero-order valence-electron chi connectivity index (χ0n) is 11.7. The molecule has 0 aromatic carbocycles. The van der Waals surface area contributed by atoms with Gasteiger partial charge >= 0.3 is 5.97 Å². The van der Waals surface area contributed by atoms with E-state index in [1.165, 1.54) is 38.5 Å². The van der Waals surface area contributed by atoms with Gasteiger partial charge in [0.2, 0.25) is 0 Å². The van der Waals surface area contributed by atoms with Crippen LogP contribution in [-0.2, 0) is 9.53 Å². The molecular weight excluding hydrogens is 212 g/mol. The molecule has 0 amide bonds. The van der Waals surface area contributed by atoms with Crippen LogP contribution in [0.4, 0.5) is 0 Å². The molecule has 0 aromatic rings. The average Bonchev–Trinajstić information content (AvgIpc) is 2.27. The van der Waals surface area contributed by atoms with Gasteiger partial charge in [-0.1, -0.05) is 52.0 Å². The average molecular weight is 240 g/mol. The van der Waals surface area contributed by atoms with E-state index in [2.05, 4.69) is 13.8 Å². The molecule has 2 nitrogen and oxygen atoms in total. The summed E-state index contributed by atoms with van der Waals surface area (Å²) in [4.78, 5) is 11.0. The minimum absolute atomic E-state index is 0.218. The molecule has 2 heteroatoms. The maximum atomic E-state index is 11.0. The van der Waals surface area contributed by atoms with E-state index < -0.39 is 0 Å². The quantitative estimate of drug-likeness (QED) is 0.319. The standard InChI is InChI=1S/C15H28O2/c1-4-17-15(16)13-11-9-7-5-6-8-10-12-14(2)3/h11,13-14H,4-10,12H2,1-3H3/b13-11+. The van der Waals surface area contributed by atoms with Crippen LogP contribution in [0.2, 0.25) is 0 Å². The highest BCUT2D eigenvalue weighted by Gasteiger charge is 1.95. The summed E-state index contributed by atoms with van der Waals surface area (Å²) in [7, 11) is 0. The van der Waals surface area contributed by atoms with E-state index in [9.17, 15) is 4.79 Å². The topological polar surface area (TPSA) is 26.3 Å². The minimum Gasteiger partial charge on any atom is -0.463 e. The van der Waals surface area contributed by atoms with Crippen molar-refractivity contribution in [2.45, 2.75) is 65.7 Å². The Balaban J connectivity index is 3.20. The molecule has 0 bridgehead atoms. The first-order valence-corrected chi connectivity index (χ1v) is 7.00. The SMILES string of the molecule is CCOC(=O)/C=C/CCCCCCCC(C)C. The van der Waals surface area contributed by atoms with Crippen LogP contribution >= 0.6 is 0 Å². The van der Waals surface area contributed by atoms with Crippen LogP contribution in [0.5, 0.6) is 0 Å².